The molecule has 0 heterocycles. The van der Waals surface area contributed by atoms with Gasteiger partial charge in [0, 0.05) is 25.0 Å². The number of rotatable bonds is 8. The molecule has 0 rings (SSSR count). The summed E-state index contributed by atoms with van der Waals surface area (Å²) in [6, 6.07) is 0. The van der Waals surface area contributed by atoms with E-state index in [4.69, 9.17) is 0 Å². The third-order valence-electron chi connectivity index (χ3n) is 2.11. The molecule has 2 unspecified atom stereocenters. The monoisotopic (exact) mass is 296 g/mol. The van der Waals surface area contributed by atoms with E-state index < -0.39 is 37.5 Å². The van der Waals surface area contributed by atoms with Gasteiger partial charge in [0.25, 0.3) is 5.92 Å². The first kappa shape index (κ1) is 17.6. The van der Waals surface area contributed by atoms with Crippen molar-refractivity contribution in [3.05, 3.63) is 0 Å². The van der Waals surface area contributed by atoms with E-state index in [-0.39, 0.29) is 17.3 Å². The average molecular weight is 296 g/mol. The summed E-state index contributed by atoms with van der Waals surface area (Å²) in [5, 5.41) is -0.342. The smallest absolute Gasteiger partial charge is 0.282 e. The molecule has 8 heteroatoms. The number of hydrogen-bond donors (Lipinski definition) is 0. The van der Waals surface area contributed by atoms with Crippen LogP contribution in [0.2, 0.25) is 0 Å². The van der Waals surface area contributed by atoms with Gasteiger partial charge < -0.3 is 0 Å². The van der Waals surface area contributed by atoms with Crippen molar-refractivity contribution < 1.29 is 31.1 Å². The van der Waals surface area contributed by atoms with Gasteiger partial charge in [-0.05, 0) is 0 Å². The van der Waals surface area contributed by atoms with Crippen LogP contribution >= 0.6 is 11.8 Å². The second-order valence-corrected chi connectivity index (χ2v) is 4.78. The lowest BCUT2D eigenvalue weighted by molar-refractivity contribution is -0.111. The van der Waals surface area contributed by atoms with Crippen LogP contribution in [0.5, 0.6) is 0 Å². The lowest BCUT2D eigenvalue weighted by Gasteiger charge is -2.23. The van der Waals surface area contributed by atoms with Crippen molar-refractivity contribution in [2.45, 2.75) is 50.9 Å². The van der Waals surface area contributed by atoms with Gasteiger partial charge in [0.15, 0.2) is 11.3 Å². The Balaban J connectivity index is 4.21. The van der Waals surface area contributed by atoms with Crippen LogP contribution in [0, 0.1) is 0 Å². The van der Waals surface area contributed by atoms with Crippen LogP contribution in [0.15, 0.2) is 0 Å². The first-order valence-electron chi connectivity index (χ1n) is 5.30. The van der Waals surface area contributed by atoms with E-state index in [9.17, 15) is 31.1 Å². The Morgan fingerprint density at radius 2 is 1.78 bits per heavy atom. The molecule has 0 amide bonds. The van der Waals surface area contributed by atoms with Crippen molar-refractivity contribution in [3.8, 4) is 0 Å². The van der Waals surface area contributed by atoms with Crippen LogP contribution in [0.3, 0.4) is 0 Å². The van der Waals surface area contributed by atoms with E-state index in [0.717, 1.165) is 0 Å². The molecule has 0 saturated carbocycles. The fourth-order valence-electron chi connectivity index (χ4n) is 1.10. The van der Waals surface area contributed by atoms with Gasteiger partial charge in [-0.3, -0.25) is 4.79 Å². The fourth-order valence-corrected chi connectivity index (χ4v) is 1.90. The van der Waals surface area contributed by atoms with Crippen molar-refractivity contribution in [3.63, 3.8) is 0 Å². The summed E-state index contributed by atoms with van der Waals surface area (Å²) >= 11 is 0.590. The average Bonchev–Trinajstić information content (AvgIpc) is 2.26. The number of alkyl halides is 6. The number of hydrogen-bond acceptors (Lipinski definition) is 2. The molecule has 0 N–H and O–H groups in total. The van der Waals surface area contributed by atoms with Crippen LogP contribution in [-0.2, 0) is 4.79 Å². The Hall–Kier alpha value is -0.400. The van der Waals surface area contributed by atoms with E-state index in [1.165, 1.54) is 6.92 Å². The predicted molar refractivity (Wildman–Crippen MR) is 57.7 cm³/mol. The molecule has 0 aromatic rings. The maximum absolute atomic E-state index is 13.1. The standard InChI is InChI=1S/C10H14F6OS/c1-2-8(17)18-4-3-10(15,16)9(14)6(11)5-7(12)13/h6-7,9H,2-5H2,1H3. The molecule has 108 valence electrons. The van der Waals surface area contributed by atoms with Gasteiger partial charge in [-0.25, -0.2) is 26.3 Å². The SMILES string of the molecule is CCC(=O)SCCC(F)(F)C(F)C(F)CC(F)F. The van der Waals surface area contributed by atoms with Crippen LogP contribution in [-0.4, -0.2) is 35.6 Å². The molecule has 0 spiro atoms. The summed E-state index contributed by atoms with van der Waals surface area (Å²) in [5.74, 6) is -4.42. The summed E-state index contributed by atoms with van der Waals surface area (Å²) in [7, 11) is 0. The first-order chi connectivity index (χ1) is 8.20. The largest absolute Gasteiger partial charge is 0.287 e. The van der Waals surface area contributed by atoms with Gasteiger partial charge >= 0.3 is 0 Å². The van der Waals surface area contributed by atoms with Crippen LogP contribution in [0.1, 0.15) is 26.2 Å². The van der Waals surface area contributed by atoms with Crippen molar-refractivity contribution in [1.82, 2.24) is 0 Å². The second-order valence-electron chi connectivity index (χ2n) is 3.63. The number of carbonyl (C=O) groups is 1. The van der Waals surface area contributed by atoms with Crippen molar-refractivity contribution >= 4 is 16.9 Å². The van der Waals surface area contributed by atoms with E-state index in [2.05, 4.69) is 0 Å². The van der Waals surface area contributed by atoms with E-state index in [1.807, 2.05) is 0 Å². The third kappa shape index (κ3) is 6.51. The Morgan fingerprint density at radius 1 is 1.22 bits per heavy atom. The molecule has 0 bridgehead atoms. The number of carbonyl (C=O) groups excluding carboxylic acids is 1. The van der Waals surface area contributed by atoms with Gasteiger partial charge in [0.2, 0.25) is 6.43 Å². The summed E-state index contributed by atoms with van der Waals surface area (Å²) in [6.07, 6.45) is -11.8. The zero-order chi connectivity index (χ0) is 14.3. The summed E-state index contributed by atoms with van der Waals surface area (Å²) in [5.41, 5.74) is 0. The maximum atomic E-state index is 13.1. The van der Waals surface area contributed by atoms with Crippen molar-refractivity contribution in [2.24, 2.45) is 0 Å². The topological polar surface area (TPSA) is 17.1 Å². The minimum absolute atomic E-state index is 0.145. The molecule has 0 aromatic heterocycles. The van der Waals surface area contributed by atoms with Gasteiger partial charge in [0.05, 0.1) is 0 Å². The fraction of sp³-hybridized carbons (Fsp3) is 0.900. The Kier molecular flexibility index (Phi) is 7.73. The molecule has 0 aliphatic heterocycles. The minimum Gasteiger partial charge on any atom is -0.287 e. The van der Waals surface area contributed by atoms with Gasteiger partial charge in [0.1, 0.15) is 6.17 Å². The number of thioether (sulfide) groups is 1. The minimum atomic E-state index is -4.05. The van der Waals surface area contributed by atoms with Crippen molar-refractivity contribution in [1.29, 1.82) is 0 Å². The van der Waals surface area contributed by atoms with Gasteiger partial charge in [-0.2, -0.15) is 0 Å². The predicted octanol–water partition coefficient (Wildman–Crippen LogP) is 4.01. The molecule has 0 fully saturated rings. The summed E-state index contributed by atoms with van der Waals surface area (Å²) in [4.78, 5) is 10.8. The quantitative estimate of drug-likeness (QED) is 0.629. The molecule has 18 heavy (non-hydrogen) atoms. The van der Waals surface area contributed by atoms with Crippen LogP contribution in [0.25, 0.3) is 0 Å². The highest BCUT2D eigenvalue weighted by molar-refractivity contribution is 8.13. The maximum Gasteiger partial charge on any atom is 0.282 e. The highest BCUT2D eigenvalue weighted by atomic mass is 32.2. The number of halogens is 6. The zero-order valence-electron chi connectivity index (χ0n) is 9.64. The van der Waals surface area contributed by atoms with Crippen molar-refractivity contribution in [2.75, 3.05) is 5.75 Å². The van der Waals surface area contributed by atoms with E-state index >= 15 is 0 Å². The van der Waals surface area contributed by atoms with Gasteiger partial charge in [-0.1, -0.05) is 18.7 Å². The Labute approximate surface area is 105 Å². The zero-order valence-corrected chi connectivity index (χ0v) is 10.5. The molecular weight excluding hydrogens is 282 g/mol. The molecule has 0 aromatic carbocycles. The molecule has 2 atom stereocenters. The molecule has 0 radical (unpaired) electrons. The van der Waals surface area contributed by atoms with E-state index in [0.29, 0.717) is 11.8 Å². The second kappa shape index (κ2) is 7.91. The molecule has 0 aliphatic carbocycles. The van der Waals surface area contributed by atoms with Gasteiger partial charge in [-0.15, -0.1) is 0 Å². The lowest BCUT2D eigenvalue weighted by atomic mass is 10.1. The molecule has 0 saturated heterocycles. The third-order valence-corrected chi connectivity index (χ3v) is 3.13. The highest BCUT2D eigenvalue weighted by Gasteiger charge is 2.45. The Morgan fingerprint density at radius 3 is 2.22 bits per heavy atom. The van der Waals surface area contributed by atoms with E-state index in [1.54, 1.807) is 0 Å². The van der Waals surface area contributed by atoms with Crippen LogP contribution in [0.4, 0.5) is 26.3 Å². The first-order valence-corrected chi connectivity index (χ1v) is 6.29. The Bertz CT molecular complexity index is 261. The summed E-state index contributed by atoms with van der Waals surface area (Å²) < 4.78 is 75.4. The highest BCUT2D eigenvalue weighted by Crippen LogP contribution is 2.32. The molecule has 1 nitrogen and oxygen atoms in total. The normalized spacial score (nSPS) is 15.8. The summed E-state index contributed by atoms with van der Waals surface area (Å²) in [6.45, 7) is 1.53. The molecular formula is C10H14F6OS. The van der Waals surface area contributed by atoms with Crippen LogP contribution < -0.4 is 0 Å². The molecule has 0 aliphatic rings. The lowest BCUT2D eigenvalue weighted by Crippen LogP contribution is -2.38.